The Balaban J connectivity index is 1.66. The second kappa shape index (κ2) is 7.44. The van der Waals surface area contributed by atoms with Gasteiger partial charge in [-0.25, -0.2) is 0 Å². The summed E-state index contributed by atoms with van der Waals surface area (Å²) in [5, 5.41) is 3.28. The van der Waals surface area contributed by atoms with Gasteiger partial charge in [-0.05, 0) is 62.7 Å². The number of nitrogens with two attached hydrogens (primary N) is 1. The molecule has 0 aromatic rings. The number of nitrogens with one attached hydrogen (secondary N) is 1. The van der Waals surface area contributed by atoms with E-state index < -0.39 is 0 Å². The fourth-order valence-electron chi connectivity index (χ4n) is 4.12. The maximum absolute atomic E-state index is 12.1. The highest BCUT2D eigenvalue weighted by Gasteiger charge is 2.32. The maximum atomic E-state index is 12.1. The van der Waals surface area contributed by atoms with Crippen molar-refractivity contribution in [2.45, 2.75) is 83.7 Å². The minimum Gasteiger partial charge on any atom is -0.353 e. The Labute approximate surface area is 124 Å². The molecular weight excluding hydrogens is 248 g/mol. The topological polar surface area (TPSA) is 55.1 Å². The minimum atomic E-state index is 0.272. The molecule has 3 atom stereocenters. The van der Waals surface area contributed by atoms with Gasteiger partial charge in [0, 0.05) is 18.5 Å². The van der Waals surface area contributed by atoms with Crippen molar-refractivity contribution in [3.8, 4) is 0 Å². The van der Waals surface area contributed by atoms with Crippen LogP contribution in [0.2, 0.25) is 0 Å². The lowest BCUT2D eigenvalue weighted by Crippen LogP contribution is -2.37. The Hall–Kier alpha value is -0.570. The van der Waals surface area contributed by atoms with Gasteiger partial charge in [-0.2, -0.15) is 0 Å². The van der Waals surface area contributed by atoms with Crippen molar-refractivity contribution in [2.24, 2.45) is 23.5 Å². The van der Waals surface area contributed by atoms with Gasteiger partial charge in [-0.3, -0.25) is 4.79 Å². The van der Waals surface area contributed by atoms with E-state index in [1.54, 1.807) is 0 Å². The third-order valence-corrected chi connectivity index (χ3v) is 5.77. The van der Waals surface area contributed by atoms with Crippen molar-refractivity contribution in [1.82, 2.24) is 5.32 Å². The van der Waals surface area contributed by atoms with Crippen LogP contribution in [0.15, 0.2) is 0 Å². The van der Waals surface area contributed by atoms with Crippen molar-refractivity contribution in [2.75, 3.05) is 0 Å². The van der Waals surface area contributed by atoms with E-state index in [4.69, 9.17) is 5.73 Å². The standard InChI is InChI=1S/C17H32N2O/c1-3-14-7-10-16(12(14)2)19-17(20)11-6-13-4-8-15(18)9-5-13/h12-16H,3-11,18H2,1-2H3,(H,19,20). The minimum absolute atomic E-state index is 0.272. The smallest absolute Gasteiger partial charge is 0.220 e. The largest absolute Gasteiger partial charge is 0.353 e. The summed E-state index contributed by atoms with van der Waals surface area (Å²) in [4.78, 5) is 12.1. The number of hydrogen-bond donors (Lipinski definition) is 2. The summed E-state index contributed by atoms with van der Waals surface area (Å²) in [6.07, 6.45) is 10.2. The van der Waals surface area contributed by atoms with E-state index in [1.165, 1.54) is 32.1 Å². The van der Waals surface area contributed by atoms with Crippen LogP contribution in [0, 0.1) is 17.8 Å². The van der Waals surface area contributed by atoms with Gasteiger partial charge in [0.1, 0.15) is 0 Å². The molecule has 20 heavy (non-hydrogen) atoms. The average molecular weight is 280 g/mol. The number of amides is 1. The van der Waals surface area contributed by atoms with Crippen molar-refractivity contribution in [3.63, 3.8) is 0 Å². The zero-order valence-electron chi connectivity index (χ0n) is 13.2. The maximum Gasteiger partial charge on any atom is 0.220 e. The fraction of sp³-hybridized carbons (Fsp3) is 0.941. The number of carbonyl (C=O) groups is 1. The molecule has 2 rings (SSSR count). The highest BCUT2D eigenvalue weighted by atomic mass is 16.1. The molecule has 0 radical (unpaired) electrons. The van der Waals surface area contributed by atoms with Crippen LogP contribution in [0.5, 0.6) is 0 Å². The second-order valence-electron chi connectivity index (χ2n) is 7.10. The first-order chi connectivity index (χ1) is 9.60. The summed E-state index contributed by atoms with van der Waals surface area (Å²) in [7, 11) is 0. The van der Waals surface area contributed by atoms with Gasteiger partial charge in [0.25, 0.3) is 0 Å². The molecule has 3 unspecified atom stereocenters. The normalized spacial score (nSPS) is 37.9. The summed E-state index contributed by atoms with van der Waals surface area (Å²) >= 11 is 0. The Morgan fingerprint density at radius 2 is 1.85 bits per heavy atom. The SMILES string of the molecule is CCC1CCC(NC(=O)CCC2CCC(N)CC2)C1C. The van der Waals surface area contributed by atoms with Crippen molar-refractivity contribution >= 4 is 5.91 Å². The molecule has 2 saturated carbocycles. The van der Waals surface area contributed by atoms with Crippen molar-refractivity contribution < 1.29 is 4.79 Å². The number of hydrogen-bond acceptors (Lipinski definition) is 2. The lowest BCUT2D eigenvalue weighted by Gasteiger charge is -2.26. The van der Waals surface area contributed by atoms with E-state index in [1.807, 2.05) is 0 Å². The molecule has 1 amide bonds. The third kappa shape index (κ3) is 4.21. The highest BCUT2D eigenvalue weighted by molar-refractivity contribution is 5.76. The molecule has 0 spiro atoms. The van der Waals surface area contributed by atoms with E-state index in [9.17, 15) is 4.79 Å². The van der Waals surface area contributed by atoms with E-state index in [0.29, 0.717) is 24.4 Å². The molecule has 0 bridgehead atoms. The molecule has 3 nitrogen and oxygen atoms in total. The van der Waals surface area contributed by atoms with Crippen molar-refractivity contribution in [3.05, 3.63) is 0 Å². The predicted octanol–water partition coefficient (Wildman–Crippen LogP) is 3.23. The Bertz CT molecular complexity index is 310. The zero-order chi connectivity index (χ0) is 14.5. The molecular formula is C17H32N2O. The molecule has 3 heteroatoms. The van der Waals surface area contributed by atoms with Crippen LogP contribution >= 0.6 is 0 Å². The fourth-order valence-corrected chi connectivity index (χ4v) is 4.12. The monoisotopic (exact) mass is 280 g/mol. The highest BCUT2D eigenvalue weighted by Crippen LogP contribution is 2.34. The second-order valence-corrected chi connectivity index (χ2v) is 7.10. The lowest BCUT2D eigenvalue weighted by molar-refractivity contribution is -0.122. The predicted molar refractivity (Wildman–Crippen MR) is 83.3 cm³/mol. The molecule has 0 saturated heterocycles. The third-order valence-electron chi connectivity index (χ3n) is 5.77. The quantitative estimate of drug-likeness (QED) is 0.812. The van der Waals surface area contributed by atoms with Gasteiger partial charge >= 0.3 is 0 Å². The van der Waals surface area contributed by atoms with Crippen LogP contribution in [0.4, 0.5) is 0 Å². The van der Waals surface area contributed by atoms with Crippen LogP contribution in [0.1, 0.15) is 71.6 Å². The van der Waals surface area contributed by atoms with Crippen LogP contribution in [-0.2, 0) is 4.79 Å². The van der Waals surface area contributed by atoms with E-state index in [0.717, 1.165) is 31.1 Å². The van der Waals surface area contributed by atoms with Gasteiger partial charge in [-0.15, -0.1) is 0 Å². The van der Waals surface area contributed by atoms with E-state index in [2.05, 4.69) is 19.2 Å². The van der Waals surface area contributed by atoms with E-state index in [-0.39, 0.29) is 5.91 Å². The molecule has 0 heterocycles. The van der Waals surface area contributed by atoms with Gasteiger partial charge in [-0.1, -0.05) is 20.3 Å². The van der Waals surface area contributed by atoms with Crippen LogP contribution in [-0.4, -0.2) is 18.0 Å². The van der Waals surface area contributed by atoms with Crippen LogP contribution < -0.4 is 11.1 Å². The van der Waals surface area contributed by atoms with E-state index >= 15 is 0 Å². The molecule has 2 aliphatic rings. The molecule has 0 aliphatic heterocycles. The molecule has 0 aromatic carbocycles. The van der Waals surface area contributed by atoms with Crippen LogP contribution in [0.25, 0.3) is 0 Å². The summed E-state index contributed by atoms with van der Waals surface area (Å²) in [6, 6.07) is 0.831. The average Bonchev–Trinajstić information content (AvgIpc) is 2.79. The molecule has 0 aromatic heterocycles. The Morgan fingerprint density at radius 1 is 1.15 bits per heavy atom. The van der Waals surface area contributed by atoms with Gasteiger partial charge in [0.15, 0.2) is 0 Å². The first-order valence-corrected chi connectivity index (χ1v) is 8.65. The van der Waals surface area contributed by atoms with Crippen LogP contribution in [0.3, 0.4) is 0 Å². The molecule has 2 aliphatic carbocycles. The number of rotatable bonds is 5. The first kappa shape index (κ1) is 15.8. The summed E-state index contributed by atoms with van der Waals surface area (Å²) in [5.74, 6) is 2.45. The number of carbonyl (C=O) groups excluding carboxylic acids is 1. The van der Waals surface area contributed by atoms with Gasteiger partial charge in [0.2, 0.25) is 5.91 Å². The zero-order valence-corrected chi connectivity index (χ0v) is 13.2. The lowest BCUT2D eigenvalue weighted by atomic mass is 9.83. The van der Waals surface area contributed by atoms with Crippen molar-refractivity contribution in [1.29, 1.82) is 0 Å². The van der Waals surface area contributed by atoms with Gasteiger partial charge < -0.3 is 11.1 Å². The summed E-state index contributed by atoms with van der Waals surface area (Å²) in [5.41, 5.74) is 5.92. The Morgan fingerprint density at radius 3 is 2.45 bits per heavy atom. The summed E-state index contributed by atoms with van der Waals surface area (Å²) in [6.45, 7) is 4.56. The molecule has 3 N–H and O–H groups in total. The molecule has 2 fully saturated rings. The summed E-state index contributed by atoms with van der Waals surface area (Å²) < 4.78 is 0. The molecule has 116 valence electrons. The Kier molecular flexibility index (Phi) is 5.88. The first-order valence-electron chi connectivity index (χ1n) is 8.65. The van der Waals surface area contributed by atoms with Gasteiger partial charge in [0.05, 0.1) is 0 Å².